The third-order valence-corrected chi connectivity index (χ3v) is 8.10. The van der Waals surface area contributed by atoms with Crippen molar-refractivity contribution in [3.63, 3.8) is 0 Å². The predicted molar refractivity (Wildman–Crippen MR) is 122 cm³/mol. The van der Waals surface area contributed by atoms with E-state index in [1.54, 1.807) is 11.9 Å². The number of sulfone groups is 1. The number of amides is 1. The summed E-state index contributed by atoms with van der Waals surface area (Å²) < 4.78 is 25.4. The summed E-state index contributed by atoms with van der Waals surface area (Å²) in [6, 6.07) is 17.6. The molecular formula is C22H24N4O3S2. The lowest BCUT2D eigenvalue weighted by Crippen LogP contribution is -2.38. The van der Waals surface area contributed by atoms with E-state index < -0.39 is 9.84 Å². The fourth-order valence-corrected chi connectivity index (χ4v) is 6.23. The van der Waals surface area contributed by atoms with Gasteiger partial charge in [0.25, 0.3) is 0 Å². The normalized spacial score (nSPS) is 17.5. The highest BCUT2D eigenvalue weighted by molar-refractivity contribution is 7.99. The van der Waals surface area contributed by atoms with Gasteiger partial charge in [-0.1, -0.05) is 59.8 Å². The van der Waals surface area contributed by atoms with Crippen LogP contribution in [-0.2, 0) is 14.6 Å². The lowest BCUT2D eigenvalue weighted by Gasteiger charge is -2.23. The molecule has 9 heteroatoms. The standard InChI is InChI=1S/C22H24N4O3S2/c1-16-8-10-18(11-9-16)26-21(17-6-4-3-5-7-17)23-24-22(26)30-14-20(27)25(2)19-12-13-31(28,29)15-19/h3-11,19H,12-15H2,1-2H3. The Morgan fingerprint density at radius 3 is 2.48 bits per heavy atom. The summed E-state index contributed by atoms with van der Waals surface area (Å²) in [5.74, 6) is 0.926. The fraction of sp³-hybridized carbons (Fsp3) is 0.318. The van der Waals surface area contributed by atoms with Crippen LogP contribution in [0.1, 0.15) is 12.0 Å². The highest BCUT2D eigenvalue weighted by Crippen LogP contribution is 2.28. The van der Waals surface area contributed by atoms with Crippen LogP contribution in [0.2, 0.25) is 0 Å². The number of nitrogens with zero attached hydrogens (tertiary/aromatic N) is 4. The van der Waals surface area contributed by atoms with Gasteiger partial charge in [0, 0.05) is 24.3 Å². The first-order chi connectivity index (χ1) is 14.8. The van der Waals surface area contributed by atoms with Crippen molar-refractivity contribution in [3.8, 4) is 17.1 Å². The van der Waals surface area contributed by atoms with E-state index in [2.05, 4.69) is 10.2 Å². The molecule has 1 unspecified atom stereocenters. The minimum atomic E-state index is -3.04. The number of aromatic nitrogens is 3. The Morgan fingerprint density at radius 2 is 1.84 bits per heavy atom. The maximum Gasteiger partial charge on any atom is 0.233 e. The summed E-state index contributed by atoms with van der Waals surface area (Å²) in [6.45, 7) is 2.03. The van der Waals surface area contributed by atoms with E-state index in [0.717, 1.165) is 16.8 Å². The fourth-order valence-electron chi connectivity index (χ4n) is 3.58. The van der Waals surface area contributed by atoms with Crippen LogP contribution in [0.3, 0.4) is 0 Å². The van der Waals surface area contributed by atoms with E-state index in [0.29, 0.717) is 17.4 Å². The van der Waals surface area contributed by atoms with Crippen molar-refractivity contribution in [2.24, 2.45) is 0 Å². The van der Waals surface area contributed by atoms with E-state index in [9.17, 15) is 13.2 Å². The lowest BCUT2D eigenvalue weighted by atomic mass is 10.2. The Hall–Kier alpha value is -2.65. The predicted octanol–water partition coefficient (Wildman–Crippen LogP) is 2.98. The van der Waals surface area contributed by atoms with Gasteiger partial charge in [0.05, 0.1) is 17.3 Å². The van der Waals surface area contributed by atoms with Crippen LogP contribution >= 0.6 is 11.8 Å². The second-order valence-corrected chi connectivity index (χ2v) is 10.9. The molecule has 31 heavy (non-hydrogen) atoms. The summed E-state index contributed by atoms with van der Waals surface area (Å²) in [5.41, 5.74) is 3.00. The van der Waals surface area contributed by atoms with Crippen molar-refractivity contribution in [1.82, 2.24) is 19.7 Å². The molecule has 0 aliphatic carbocycles. The van der Waals surface area contributed by atoms with Gasteiger partial charge in [-0.15, -0.1) is 10.2 Å². The van der Waals surface area contributed by atoms with Crippen molar-refractivity contribution in [2.45, 2.75) is 24.5 Å². The van der Waals surface area contributed by atoms with E-state index in [-0.39, 0.29) is 29.2 Å². The Kier molecular flexibility index (Phi) is 6.15. The van der Waals surface area contributed by atoms with E-state index >= 15 is 0 Å². The smallest absolute Gasteiger partial charge is 0.233 e. The number of carbonyl (C=O) groups is 1. The highest BCUT2D eigenvalue weighted by atomic mass is 32.2. The summed E-state index contributed by atoms with van der Waals surface area (Å²) >= 11 is 1.31. The molecule has 1 saturated heterocycles. The largest absolute Gasteiger partial charge is 0.341 e. The minimum absolute atomic E-state index is 0.0393. The monoisotopic (exact) mass is 456 g/mol. The Bertz CT molecular complexity index is 1180. The summed E-state index contributed by atoms with van der Waals surface area (Å²) in [6.07, 6.45) is 0.493. The molecule has 0 spiro atoms. The third kappa shape index (κ3) is 4.83. The zero-order valence-corrected chi connectivity index (χ0v) is 19.1. The van der Waals surface area contributed by atoms with Crippen LogP contribution in [0, 0.1) is 6.92 Å². The van der Waals surface area contributed by atoms with Crippen molar-refractivity contribution < 1.29 is 13.2 Å². The van der Waals surface area contributed by atoms with Crippen molar-refractivity contribution in [3.05, 3.63) is 60.2 Å². The maximum atomic E-state index is 12.7. The molecular weight excluding hydrogens is 432 g/mol. The van der Waals surface area contributed by atoms with Crippen LogP contribution in [-0.4, -0.2) is 64.3 Å². The SMILES string of the molecule is Cc1ccc(-n2c(SCC(=O)N(C)C3CCS(=O)(=O)C3)nnc2-c2ccccc2)cc1. The molecule has 1 fully saturated rings. The molecule has 0 N–H and O–H groups in total. The number of hydrogen-bond donors (Lipinski definition) is 0. The zero-order chi connectivity index (χ0) is 22.0. The van der Waals surface area contributed by atoms with Gasteiger partial charge in [0.2, 0.25) is 5.91 Å². The lowest BCUT2D eigenvalue weighted by molar-refractivity contribution is -0.128. The van der Waals surface area contributed by atoms with Gasteiger partial charge >= 0.3 is 0 Å². The molecule has 1 atom stereocenters. The third-order valence-electron chi connectivity index (χ3n) is 5.43. The average molecular weight is 457 g/mol. The van der Waals surface area contributed by atoms with Crippen LogP contribution in [0.15, 0.2) is 59.8 Å². The molecule has 1 amide bonds. The first-order valence-electron chi connectivity index (χ1n) is 10.0. The number of benzene rings is 2. The highest BCUT2D eigenvalue weighted by Gasteiger charge is 2.32. The van der Waals surface area contributed by atoms with E-state index in [1.807, 2.05) is 66.1 Å². The van der Waals surface area contributed by atoms with Gasteiger partial charge in [0.15, 0.2) is 20.8 Å². The average Bonchev–Trinajstić information content (AvgIpc) is 3.35. The molecule has 3 aromatic rings. The number of rotatable bonds is 6. The van der Waals surface area contributed by atoms with E-state index in [4.69, 9.17) is 0 Å². The molecule has 7 nitrogen and oxygen atoms in total. The zero-order valence-electron chi connectivity index (χ0n) is 17.4. The topological polar surface area (TPSA) is 85.2 Å². The molecule has 1 aromatic heterocycles. The molecule has 2 aromatic carbocycles. The molecule has 1 aliphatic heterocycles. The van der Waals surface area contributed by atoms with Gasteiger partial charge in [-0.05, 0) is 25.5 Å². The molecule has 0 radical (unpaired) electrons. The summed E-state index contributed by atoms with van der Waals surface area (Å²) in [4.78, 5) is 14.3. The number of carbonyl (C=O) groups excluding carboxylic acids is 1. The Labute approximate surface area is 186 Å². The molecule has 162 valence electrons. The molecule has 1 aliphatic rings. The van der Waals surface area contributed by atoms with Crippen molar-refractivity contribution in [1.29, 1.82) is 0 Å². The molecule has 2 heterocycles. The number of hydrogen-bond acceptors (Lipinski definition) is 6. The van der Waals surface area contributed by atoms with Crippen LogP contribution < -0.4 is 0 Å². The van der Waals surface area contributed by atoms with Crippen LogP contribution in [0.4, 0.5) is 0 Å². The first kappa shape index (κ1) is 21.6. The van der Waals surface area contributed by atoms with Gasteiger partial charge in [-0.25, -0.2) is 8.42 Å². The quantitative estimate of drug-likeness (QED) is 0.530. The van der Waals surface area contributed by atoms with Crippen molar-refractivity contribution >= 4 is 27.5 Å². The first-order valence-corrected chi connectivity index (χ1v) is 12.8. The van der Waals surface area contributed by atoms with Gasteiger partial charge in [-0.2, -0.15) is 0 Å². The molecule has 0 bridgehead atoms. The second-order valence-electron chi connectivity index (χ2n) is 7.69. The molecule has 4 rings (SSSR count). The van der Waals surface area contributed by atoms with Gasteiger partial charge in [0.1, 0.15) is 0 Å². The van der Waals surface area contributed by atoms with Crippen LogP contribution in [0.5, 0.6) is 0 Å². The summed E-state index contributed by atoms with van der Waals surface area (Å²) in [7, 11) is -1.37. The number of thioether (sulfide) groups is 1. The van der Waals surface area contributed by atoms with Crippen molar-refractivity contribution in [2.75, 3.05) is 24.3 Å². The Morgan fingerprint density at radius 1 is 1.13 bits per heavy atom. The number of aryl methyl sites for hydroxylation is 1. The molecule has 0 saturated carbocycles. The van der Waals surface area contributed by atoms with Gasteiger partial charge in [-0.3, -0.25) is 9.36 Å². The van der Waals surface area contributed by atoms with Crippen LogP contribution in [0.25, 0.3) is 17.1 Å². The minimum Gasteiger partial charge on any atom is -0.341 e. The van der Waals surface area contributed by atoms with E-state index in [1.165, 1.54) is 11.8 Å². The Balaban J connectivity index is 1.58. The second kappa shape index (κ2) is 8.84. The maximum absolute atomic E-state index is 12.7. The summed E-state index contributed by atoms with van der Waals surface area (Å²) in [5, 5.41) is 9.36. The van der Waals surface area contributed by atoms with Gasteiger partial charge < -0.3 is 4.90 Å².